The summed E-state index contributed by atoms with van der Waals surface area (Å²) in [5.41, 5.74) is 6.52. The Kier molecular flexibility index (Phi) is 4.87. The molecule has 2 rings (SSSR count). The molecule has 22 heavy (non-hydrogen) atoms. The lowest BCUT2D eigenvalue weighted by molar-refractivity contribution is -0.0580. The highest BCUT2D eigenvalue weighted by molar-refractivity contribution is 7.72. The number of aliphatic imine (C=N–C) groups is 1. The van der Waals surface area contributed by atoms with E-state index in [1.165, 1.54) is 0 Å². The Morgan fingerprint density at radius 2 is 2.05 bits per heavy atom. The molecule has 7 heteroatoms. The van der Waals surface area contributed by atoms with Crippen molar-refractivity contribution in [3.8, 4) is 0 Å². The summed E-state index contributed by atoms with van der Waals surface area (Å²) in [7, 11) is 0. The minimum Gasteiger partial charge on any atom is -0.388 e. The van der Waals surface area contributed by atoms with Crippen molar-refractivity contribution in [3.05, 3.63) is 24.2 Å². The highest BCUT2D eigenvalue weighted by Crippen LogP contribution is 2.38. The molecule has 0 spiro atoms. The van der Waals surface area contributed by atoms with Gasteiger partial charge in [0.25, 0.3) is 0 Å². The van der Waals surface area contributed by atoms with E-state index in [1.807, 2.05) is 6.92 Å². The van der Waals surface area contributed by atoms with Crippen LogP contribution in [0.3, 0.4) is 0 Å². The third-order valence-electron chi connectivity index (χ3n) is 3.91. The van der Waals surface area contributed by atoms with Crippen LogP contribution in [-0.2, 0) is 4.74 Å². The van der Waals surface area contributed by atoms with Crippen molar-refractivity contribution >= 4 is 19.0 Å². The van der Waals surface area contributed by atoms with E-state index in [2.05, 4.69) is 31.2 Å². The summed E-state index contributed by atoms with van der Waals surface area (Å²) in [6.45, 7) is 8.73. The molecule has 0 aromatic carbocycles. The van der Waals surface area contributed by atoms with Crippen LogP contribution in [0.4, 0.5) is 0 Å². The smallest absolute Gasteiger partial charge is 0.164 e. The number of hydrogen-bond acceptors (Lipinski definition) is 6. The fourth-order valence-corrected chi connectivity index (χ4v) is 3.48. The largest absolute Gasteiger partial charge is 0.388 e. The topological polar surface area (TPSA) is 91.3 Å². The van der Waals surface area contributed by atoms with Crippen LogP contribution in [0.2, 0.25) is 0 Å². The van der Waals surface area contributed by atoms with Crippen molar-refractivity contribution in [2.24, 2.45) is 10.7 Å². The van der Waals surface area contributed by atoms with Crippen LogP contribution in [0.5, 0.6) is 0 Å². The van der Waals surface area contributed by atoms with Crippen molar-refractivity contribution in [2.75, 3.05) is 19.5 Å². The molecule has 4 atom stereocenters. The molecular weight excluding hydrogens is 301 g/mol. The Labute approximate surface area is 131 Å². The quantitative estimate of drug-likeness (QED) is 0.657. The van der Waals surface area contributed by atoms with Crippen molar-refractivity contribution in [1.82, 2.24) is 4.90 Å². The average molecular weight is 327 g/mol. The zero-order valence-electron chi connectivity index (χ0n) is 13.4. The Morgan fingerprint density at radius 3 is 2.64 bits per heavy atom. The molecule has 6 nitrogen and oxygen atoms in total. The van der Waals surface area contributed by atoms with E-state index >= 15 is 0 Å². The molecule has 0 aromatic heterocycles. The molecule has 0 bridgehead atoms. The average Bonchev–Trinajstić information content (AvgIpc) is 2.68. The predicted molar refractivity (Wildman–Crippen MR) is 92.4 cm³/mol. The normalized spacial score (nSPS) is 33.0. The molecule has 1 saturated heterocycles. The Morgan fingerprint density at radius 1 is 1.41 bits per heavy atom. The number of hydrogen-bond donors (Lipinski definition) is 3. The number of nitrogens with two attached hydrogens (primary N) is 1. The number of aliphatic hydroxyl groups is 2. The molecule has 4 N–H and O–H groups in total. The molecular formula is C15H26N3O3P. The fourth-order valence-electron chi connectivity index (χ4n) is 2.53. The highest BCUT2D eigenvalue weighted by atomic mass is 31.2. The molecule has 0 unspecified atom stereocenters. The molecule has 0 saturated carbocycles. The van der Waals surface area contributed by atoms with Gasteiger partial charge in [-0.05, 0) is 32.8 Å². The van der Waals surface area contributed by atoms with Gasteiger partial charge in [-0.25, -0.2) is 4.99 Å². The summed E-state index contributed by atoms with van der Waals surface area (Å²) in [6.07, 6.45) is 4.41. The molecule has 2 heterocycles. The monoisotopic (exact) mass is 327 g/mol. The van der Waals surface area contributed by atoms with E-state index in [4.69, 9.17) is 10.5 Å². The lowest BCUT2D eigenvalue weighted by Gasteiger charge is -2.31. The number of ether oxygens (including phenoxy) is 1. The van der Waals surface area contributed by atoms with Crippen molar-refractivity contribution in [2.45, 2.75) is 37.9 Å². The van der Waals surface area contributed by atoms with E-state index in [-0.39, 0.29) is 0 Å². The Hall–Kier alpha value is -1.07. The van der Waals surface area contributed by atoms with Gasteiger partial charge < -0.3 is 25.6 Å². The Balaban J connectivity index is 2.10. The van der Waals surface area contributed by atoms with Gasteiger partial charge >= 0.3 is 0 Å². The van der Waals surface area contributed by atoms with E-state index in [1.54, 1.807) is 11.1 Å². The van der Waals surface area contributed by atoms with Crippen LogP contribution in [0.25, 0.3) is 0 Å². The maximum absolute atomic E-state index is 10.3. The number of rotatable bonds is 4. The minimum absolute atomic E-state index is 0.394. The van der Waals surface area contributed by atoms with Gasteiger partial charge in [-0.2, -0.15) is 0 Å². The second-order valence-electron chi connectivity index (χ2n) is 6.63. The van der Waals surface area contributed by atoms with Crippen LogP contribution < -0.4 is 5.73 Å². The first-order valence-electron chi connectivity index (χ1n) is 7.29. The van der Waals surface area contributed by atoms with Gasteiger partial charge in [-0.3, -0.25) is 0 Å². The number of nitrogens with zero attached hydrogens (tertiary/aromatic N) is 2. The first-order valence-corrected chi connectivity index (χ1v) is 10.3. The van der Waals surface area contributed by atoms with Crippen LogP contribution in [0, 0.1) is 0 Å². The van der Waals surface area contributed by atoms with Crippen LogP contribution in [0.1, 0.15) is 13.3 Å². The predicted octanol–water partition coefficient (Wildman–Crippen LogP) is 0.580. The van der Waals surface area contributed by atoms with Crippen molar-refractivity contribution in [3.63, 3.8) is 0 Å². The van der Waals surface area contributed by atoms with E-state index in [0.29, 0.717) is 18.1 Å². The van der Waals surface area contributed by atoms with Gasteiger partial charge in [0.1, 0.15) is 23.9 Å². The maximum atomic E-state index is 10.3. The summed E-state index contributed by atoms with van der Waals surface area (Å²) in [4.78, 5) is 5.77. The molecule has 124 valence electrons. The first kappa shape index (κ1) is 17.3. The highest BCUT2D eigenvalue weighted by Gasteiger charge is 2.45. The standard InChI is InChI=1S/C15H26N3O3P/c1-9-8-18(10(2)17-14(9)16)15-13(20)12(19)11(21-15)6-7-22(3,4)5/h8,11-13,15,19-20H,2-3,6-7H2,1,4-5H3,(H2,16,17)/t11-,12-,13-,15-/m1/s1. The van der Waals surface area contributed by atoms with E-state index < -0.39 is 31.4 Å². The van der Waals surface area contributed by atoms with Gasteiger partial charge in [-0.1, -0.05) is 6.58 Å². The third kappa shape index (κ3) is 3.63. The van der Waals surface area contributed by atoms with Crippen LogP contribution in [-0.4, -0.2) is 71.3 Å². The molecule has 2 aliphatic rings. The van der Waals surface area contributed by atoms with Gasteiger partial charge in [-0.15, -0.1) is 13.2 Å². The second-order valence-corrected chi connectivity index (χ2v) is 10.9. The van der Waals surface area contributed by atoms with Gasteiger partial charge in [0.05, 0.1) is 6.10 Å². The molecule has 0 aliphatic carbocycles. The molecule has 0 amide bonds. The summed E-state index contributed by atoms with van der Waals surface area (Å²) >= 11 is 0. The van der Waals surface area contributed by atoms with Crippen molar-refractivity contribution in [1.29, 1.82) is 0 Å². The SMILES string of the molecule is C=C1N=C(N)C(C)=CN1[C@@H]1O[C@H](CCP(=C)(C)C)[C@@H](O)[C@H]1O. The van der Waals surface area contributed by atoms with Crippen molar-refractivity contribution < 1.29 is 14.9 Å². The summed E-state index contributed by atoms with van der Waals surface area (Å²) < 4.78 is 5.88. The molecule has 0 aromatic rings. The zero-order valence-corrected chi connectivity index (χ0v) is 14.3. The molecule has 2 aliphatic heterocycles. The van der Waals surface area contributed by atoms with Gasteiger partial charge in [0, 0.05) is 11.8 Å². The molecule has 1 fully saturated rings. The molecule has 0 radical (unpaired) electrons. The van der Waals surface area contributed by atoms with E-state index in [9.17, 15) is 10.2 Å². The summed E-state index contributed by atoms with van der Waals surface area (Å²) in [5, 5.41) is 20.5. The van der Waals surface area contributed by atoms with Crippen LogP contribution in [0.15, 0.2) is 29.2 Å². The maximum Gasteiger partial charge on any atom is 0.164 e. The zero-order chi connectivity index (χ0) is 16.7. The second kappa shape index (κ2) is 6.20. The fraction of sp³-hybridized carbons (Fsp3) is 0.600. The van der Waals surface area contributed by atoms with Crippen LogP contribution >= 0.6 is 6.89 Å². The van der Waals surface area contributed by atoms with Gasteiger partial charge in [0.2, 0.25) is 0 Å². The third-order valence-corrected chi connectivity index (χ3v) is 5.38. The minimum atomic E-state index is -1.20. The number of aliphatic hydroxyl groups excluding tert-OH is 2. The van der Waals surface area contributed by atoms with Gasteiger partial charge in [0.15, 0.2) is 6.23 Å². The number of amidine groups is 1. The first-order chi connectivity index (χ1) is 10.1. The summed E-state index contributed by atoms with van der Waals surface area (Å²) in [6, 6.07) is 0. The summed E-state index contributed by atoms with van der Waals surface area (Å²) in [5.74, 6) is 0.791. The Bertz CT molecular complexity index is 566. The lowest BCUT2D eigenvalue weighted by atomic mass is 10.1. The lowest BCUT2D eigenvalue weighted by Crippen LogP contribution is -2.42. The van der Waals surface area contributed by atoms with E-state index in [0.717, 1.165) is 11.7 Å².